The van der Waals surface area contributed by atoms with Gasteiger partial charge in [0, 0.05) is 6.07 Å². The van der Waals surface area contributed by atoms with Crippen LogP contribution in [0.15, 0.2) is 40.8 Å². The maximum Gasteiger partial charge on any atom is 0.272 e. The van der Waals surface area contributed by atoms with Crippen LogP contribution in [0.1, 0.15) is 5.56 Å². The van der Waals surface area contributed by atoms with E-state index in [1.54, 1.807) is 11.4 Å². The summed E-state index contributed by atoms with van der Waals surface area (Å²) in [6.07, 6.45) is 1.36. The number of nitro groups is 1. The fraction of sp³-hybridized carbons (Fsp3) is 0.0769. The molecule has 2 aromatic heterocycles. The van der Waals surface area contributed by atoms with Crippen molar-refractivity contribution < 1.29 is 9.31 Å². The number of hydrogen-bond donors (Lipinski definition) is 0. The van der Waals surface area contributed by atoms with Gasteiger partial charge in [-0.1, -0.05) is 0 Å². The summed E-state index contributed by atoms with van der Waals surface area (Å²) in [5.41, 5.74) is 0.345. The molecule has 0 aliphatic carbocycles. The number of nitro benzene ring substituents is 1. The minimum absolute atomic E-state index is 0.0261. The van der Waals surface area contributed by atoms with Crippen LogP contribution in [0.2, 0.25) is 0 Å². The number of non-ortho nitro benzene ring substituents is 1. The molecule has 6 nitrogen and oxygen atoms in total. The molecule has 2 heterocycles. The highest BCUT2D eigenvalue weighted by molar-refractivity contribution is 7.17. The van der Waals surface area contributed by atoms with Crippen LogP contribution in [-0.4, -0.2) is 14.5 Å². The Labute approximate surface area is 121 Å². The van der Waals surface area contributed by atoms with Crippen LogP contribution in [-0.2, 0) is 6.54 Å². The van der Waals surface area contributed by atoms with Crippen LogP contribution in [0, 0.1) is 15.9 Å². The van der Waals surface area contributed by atoms with Gasteiger partial charge in [-0.25, -0.2) is 9.37 Å². The smallest absolute Gasteiger partial charge is 0.272 e. The van der Waals surface area contributed by atoms with Gasteiger partial charge in [0.15, 0.2) is 0 Å². The first kappa shape index (κ1) is 13.4. The average molecular weight is 305 g/mol. The van der Waals surface area contributed by atoms with Gasteiger partial charge in [0.05, 0.1) is 29.4 Å². The molecule has 0 amide bonds. The first-order valence-corrected chi connectivity index (χ1v) is 6.79. The predicted molar refractivity (Wildman–Crippen MR) is 76.0 cm³/mol. The van der Waals surface area contributed by atoms with Gasteiger partial charge in [-0.3, -0.25) is 19.5 Å². The summed E-state index contributed by atoms with van der Waals surface area (Å²) >= 11 is 1.27. The van der Waals surface area contributed by atoms with Crippen molar-refractivity contribution in [3.63, 3.8) is 0 Å². The van der Waals surface area contributed by atoms with Crippen molar-refractivity contribution in [2.45, 2.75) is 6.54 Å². The molecule has 0 radical (unpaired) electrons. The molecule has 3 aromatic rings. The topological polar surface area (TPSA) is 78.0 Å². The Morgan fingerprint density at radius 1 is 1.38 bits per heavy atom. The number of hydrogen-bond acceptors (Lipinski definition) is 5. The van der Waals surface area contributed by atoms with Gasteiger partial charge in [0.25, 0.3) is 11.2 Å². The standard InChI is InChI=1S/C13H8FN3O3S/c14-9-3-8(4-10(5-9)17(19)20)6-16-7-15-11-1-2-21-12(11)13(16)18/h1-5,7H,6H2. The van der Waals surface area contributed by atoms with Gasteiger partial charge < -0.3 is 0 Å². The molecular formula is C13H8FN3O3S. The van der Waals surface area contributed by atoms with Crippen molar-refractivity contribution in [3.8, 4) is 0 Å². The second-order valence-corrected chi connectivity index (χ2v) is 5.30. The third-order valence-electron chi connectivity index (χ3n) is 2.94. The van der Waals surface area contributed by atoms with Crippen molar-refractivity contribution in [1.29, 1.82) is 0 Å². The molecular weight excluding hydrogens is 297 g/mol. The molecule has 0 unspecified atom stereocenters. The molecule has 0 saturated heterocycles. The minimum Gasteiger partial charge on any atom is -0.294 e. The van der Waals surface area contributed by atoms with E-state index in [0.717, 1.165) is 12.1 Å². The summed E-state index contributed by atoms with van der Waals surface area (Å²) in [5, 5.41) is 12.5. The van der Waals surface area contributed by atoms with Crippen LogP contribution < -0.4 is 5.56 Å². The minimum atomic E-state index is -0.711. The maximum absolute atomic E-state index is 13.4. The van der Waals surface area contributed by atoms with E-state index in [9.17, 15) is 19.3 Å². The van der Waals surface area contributed by atoms with E-state index >= 15 is 0 Å². The van der Waals surface area contributed by atoms with E-state index in [0.29, 0.717) is 15.8 Å². The molecule has 106 valence electrons. The number of fused-ring (bicyclic) bond motifs is 1. The highest BCUT2D eigenvalue weighted by Gasteiger charge is 2.11. The Bertz CT molecular complexity index is 903. The van der Waals surface area contributed by atoms with Crippen molar-refractivity contribution in [1.82, 2.24) is 9.55 Å². The molecule has 0 atom stereocenters. The number of thiophene rings is 1. The van der Waals surface area contributed by atoms with Crippen LogP contribution in [0.4, 0.5) is 10.1 Å². The fourth-order valence-electron chi connectivity index (χ4n) is 2.02. The normalized spacial score (nSPS) is 10.9. The molecule has 0 aliphatic heterocycles. The lowest BCUT2D eigenvalue weighted by molar-refractivity contribution is -0.385. The molecule has 0 fully saturated rings. The summed E-state index contributed by atoms with van der Waals surface area (Å²) in [7, 11) is 0. The highest BCUT2D eigenvalue weighted by atomic mass is 32.1. The van der Waals surface area contributed by atoms with E-state index in [1.807, 2.05) is 0 Å². The largest absolute Gasteiger partial charge is 0.294 e. The van der Waals surface area contributed by atoms with E-state index in [2.05, 4.69) is 4.98 Å². The van der Waals surface area contributed by atoms with E-state index in [4.69, 9.17) is 0 Å². The zero-order valence-corrected chi connectivity index (χ0v) is 11.3. The lowest BCUT2D eigenvalue weighted by Crippen LogP contribution is -2.20. The zero-order chi connectivity index (χ0) is 15.0. The molecule has 3 rings (SSSR count). The number of rotatable bonds is 3. The number of nitrogens with zero attached hydrogens (tertiary/aromatic N) is 3. The van der Waals surface area contributed by atoms with Crippen molar-refractivity contribution >= 4 is 27.2 Å². The van der Waals surface area contributed by atoms with Crippen LogP contribution in [0.3, 0.4) is 0 Å². The SMILES string of the molecule is O=c1c2sccc2ncn1Cc1cc(F)cc([N+](=O)[O-])c1. The van der Waals surface area contributed by atoms with Gasteiger partial charge in [-0.15, -0.1) is 11.3 Å². The number of aromatic nitrogens is 2. The molecule has 21 heavy (non-hydrogen) atoms. The van der Waals surface area contributed by atoms with E-state index in [1.165, 1.54) is 28.3 Å². The van der Waals surface area contributed by atoms with Crippen molar-refractivity contribution in [2.75, 3.05) is 0 Å². The van der Waals surface area contributed by atoms with Gasteiger partial charge >= 0.3 is 0 Å². The van der Waals surface area contributed by atoms with Crippen LogP contribution in [0.25, 0.3) is 10.2 Å². The Kier molecular flexibility index (Phi) is 3.22. The second-order valence-electron chi connectivity index (χ2n) is 4.39. The van der Waals surface area contributed by atoms with Crippen LogP contribution in [0.5, 0.6) is 0 Å². The van der Waals surface area contributed by atoms with Gasteiger partial charge in [-0.05, 0) is 23.1 Å². The van der Waals surface area contributed by atoms with Crippen molar-refractivity contribution in [2.24, 2.45) is 0 Å². The summed E-state index contributed by atoms with van der Waals surface area (Å²) in [6.45, 7) is 0.0261. The Balaban J connectivity index is 2.04. The highest BCUT2D eigenvalue weighted by Crippen LogP contribution is 2.18. The summed E-state index contributed by atoms with van der Waals surface area (Å²) in [6, 6.07) is 4.98. The summed E-state index contributed by atoms with van der Waals surface area (Å²) in [4.78, 5) is 26.4. The maximum atomic E-state index is 13.4. The summed E-state index contributed by atoms with van der Waals surface area (Å²) in [5.74, 6) is -0.711. The fourth-order valence-corrected chi connectivity index (χ4v) is 2.81. The van der Waals surface area contributed by atoms with Gasteiger partial charge in [0.1, 0.15) is 10.5 Å². The molecule has 0 bridgehead atoms. The van der Waals surface area contributed by atoms with E-state index in [-0.39, 0.29) is 17.8 Å². The molecule has 0 aliphatic rings. The van der Waals surface area contributed by atoms with Gasteiger partial charge in [-0.2, -0.15) is 0 Å². The predicted octanol–water partition coefficient (Wildman–Crippen LogP) is 2.55. The monoisotopic (exact) mass is 305 g/mol. The summed E-state index contributed by atoms with van der Waals surface area (Å²) < 4.78 is 15.2. The average Bonchev–Trinajstić information content (AvgIpc) is 2.90. The van der Waals surface area contributed by atoms with Gasteiger partial charge in [0.2, 0.25) is 0 Å². The number of benzene rings is 1. The Morgan fingerprint density at radius 3 is 2.95 bits per heavy atom. The third kappa shape index (κ3) is 2.52. The Morgan fingerprint density at radius 2 is 2.19 bits per heavy atom. The van der Waals surface area contributed by atoms with Crippen LogP contribution >= 0.6 is 11.3 Å². The quantitative estimate of drug-likeness (QED) is 0.550. The molecule has 0 spiro atoms. The Hall–Kier alpha value is -2.61. The second kappa shape index (κ2) is 5.06. The lowest BCUT2D eigenvalue weighted by Gasteiger charge is -2.05. The molecule has 0 saturated carbocycles. The zero-order valence-electron chi connectivity index (χ0n) is 10.5. The molecule has 0 N–H and O–H groups in total. The first-order valence-electron chi connectivity index (χ1n) is 5.91. The molecule has 8 heteroatoms. The third-order valence-corrected chi connectivity index (χ3v) is 3.83. The van der Waals surface area contributed by atoms with Crippen molar-refractivity contribution in [3.05, 3.63) is 67.8 Å². The first-order chi connectivity index (χ1) is 10.0. The lowest BCUT2D eigenvalue weighted by atomic mass is 10.2. The van der Waals surface area contributed by atoms with E-state index < -0.39 is 10.7 Å². The molecule has 1 aromatic carbocycles. The number of halogens is 1.